The van der Waals surface area contributed by atoms with Crippen LogP contribution >= 0.6 is 0 Å². The number of carbonyl (C=O) groups excluding carboxylic acids is 1. The van der Waals surface area contributed by atoms with Crippen LogP contribution in [-0.4, -0.2) is 45.5 Å². The van der Waals surface area contributed by atoms with Crippen LogP contribution in [-0.2, 0) is 14.3 Å². The van der Waals surface area contributed by atoms with E-state index in [1.165, 1.54) is 89.9 Å². The summed E-state index contributed by atoms with van der Waals surface area (Å²) in [7, 11) is 0. The Balaban J connectivity index is 1.14. The topological polar surface area (TPSA) is 107 Å². The number of fused-ring (bicyclic) bond motifs is 3. The summed E-state index contributed by atoms with van der Waals surface area (Å²) in [5.74, 6) is -0.289. The second kappa shape index (κ2) is 18.2. The van der Waals surface area contributed by atoms with Crippen molar-refractivity contribution in [2.24, 2.45) is 0 Å². The molecule has 0 unspecified atom stereocenters. The number of unbranched alkanes of at least 4 members (excludes halogenated alkanes) is 15. The number of nitrogens with zero attached hydrogens (tertiary/aromatic N) is 2. The zero-order chi connectivity index (χ0) is 27.7. The summed E-state index contributed by atoms with van der Waals surface area (Å²) in [5.41, 5.74) is 0.0928. The molecule has 1 aromatic rings. The molecule has 0 saturated carbocycles. The molecule has 1 fully saturated rings. The molecular weight excluding hydrogens is 494 g/mol. The number of ether oxygens (including phenoxy) is 3. The van der Waals surface area contributed by atoms with E-state index < -0.39 is 24.5 Å². The highest BCUT2D eigenvalue weighted by atomic mass is 16.7. The van der Waals surface area contributed by atoms with Crippen molar-refractivity contribution in [3.8, 4) is 6.01 Å². The van der Waals surface area contributed by atoms with Crippen LogP contribution in [0.2, 0.25) is 0 Å². The van der Waals surface area contributed by atoms with Gasteiger partial charge in [-0.05, 0) is 38.2 Å². The molecular formula is C31H51N3O5. The molecule has 2 aliphatic rings. The maximum Gasteiger partial charge on any atom is 0.306 e. The Morgan fingerprint density at radius 1 is 0.974 bits per heavy atom. The highest BCUT2D eigenvalue weighted by Crippen LogP contribution is 2.40. The molecule has 220 valence electrons. The van der Waals surface area contributed by atoms with Crippen molar-refractivity contribution in [2.75, 3.05) is 6.61 Å². The number of hydrogen-bond donors (Lipinski definition) is 2. The molecule has 0 aliphatic carbocycles. The minimum absolute atomic E-state index is 0.0928. The van der Waals surface area contributed by atoms with Gasteiger partial charge in [0.05, 0.1) is 6.61 Å². The lowest BCUT2D eigenvalue weighted by Crippen LogP contribution is -2.39. The summed E-state index contributed by atoms with van der Waals surface area (Å²) in [6.07, 6.45) is 25.8. The number of carbonyl (C=O) groups is 1. The fourth-order valence-electron chi connectivity index (χ4n) is 5.42. The first-order valence-corrected chi connectivity index (χ1v) is 15.5. The smallest absolute Gasteiger partial charge is 0.306 e. The zero-order valence-corrected chi connectivity index (χ0v) is 24.0. The van der Waals surface area contributed by atoms with Crippen LogP contribution in [0.25, 0.3) is 0 Å². The highest BCUT2D eigenvalue weighted by molar-refractivity contribution is 5.69. The molecule has 1 saturated heterocycles. The molecule has 0 bridgehead atoms. The van der Waals surface area contributed by atoms with Gasteiger partial charge in [-0.25, -0.2) is 0 Å². The maximum absolute atomic E-state index is 12.5. The standard InChI is InChI=1S/C31H51N3O5/c1-2-3-4-5-6-7-8-9-10-11-12-13-14-15-16-17-18-19-20-21-27(36)38-28-25(24-35)37-30-29(28)39-31-33-26(32)22-23-34(30)31/h9-10,22-23,25,28-30,32,35H,2-8,11-21,24H2,1H3/b10-9-,32-26?/t25-,28-,29+,30-/m1/s1. The number of aliphatic hydroxyl groups is 1. The average molecular weight is 546 g/mol. The molecule has 4 atom stereocenters. The lowest BCUT2D eigenvalue weighted by Gasteiger charge is -2.20. The van der Waals surface area contributed by atoms with Crippen LogP contribution in [0.3, 0.4) is 0 Å². The molecule has 0 radical (unpaired) electrons. The Kier molecular flexibility index (Phi) is 14.6. The van der Waals surface area contributed by atoms with E-state index in [4.69, 9.17) is 19.6 Å². The largest absolute Gasteiger partial charge is 0.455 e. The number of esters is 1. The summed E-state index contributed by atoms with van der Waals surface area (Å²) in [5, 5.41) is 17.4. The van der Waals surface area contributed by atoms with Crippen molar-refractivity contribution < 1.29 is 24.1 Å². The van der Waals surface area contributed by atoms with Crippen molar-refractivity contribution in [1.82, 2.24) is 9.55 Å². The first-order valence-electron chi connectivity index (χ1n) is 15.5. The maximum atomic E-state index is 12.5. The lowest BCUT2D eigenvalue weighted by atomic mass is 10.1. The van der Waals surface area contributed by atoms with Gasteiger partial charge in [-0.3, -0.25) is 14.8 Å². The first-order chi connectivity index (χ1) is 19.1. The van der Waals surface area contributed by atoms with Crippen molar-refractivity contribution in [3.63, 3.8) is 0 Å². The molecule has 0 amide bonds. The van der Waals surface area contributed by atoms with Crippen LogP contribution in [0, 0.1) is 5.41 Å². The third-order valence-electron chi connectivity index (χ3n) is 7.72. The Bertz CT molecular complexity index is 918. The molecule has 8 heteroatoms. The number of allylic oxidation sites excluding steroid dienone is 2. The van der Waals surface area contributed by atoms with Gasteiger partial charge in [0.15, 0.2) is 23.9 Å². The Hall–Kier alpha value is -2.19. The van der Waals surface area contributed by atoms with Gasteiger partial charge in [0.1, 0.15) is 6.10 Å². The van der Waals surface area contributed by atoms with E-state index in [1.807, 2.05) is 0 Å². The van der Waals surface area contributed by atoms with Crippen LogP contribution in [0.1, 0.15) is 129 Å². The molecule has 2 N–H and O–H groups in total. The van der Waals surface area contributed by atoms with Crippen LogP contribution < -0.4 is 10.2 Å². The molecule has 0 spiro atoms. The first kappa shape index (κ1) is 31.3. The fourth-order valence-corrected chi connectivity index (χ4v) is 5.42. The van der Waals surface area contributed by atoms with Crippen molar-refractivity contribution >= 4 is 5.97 Å². The second-order valence-electron chi connectivity index (χ2n) is 11.0. The summed E-state index contributed by atoms with van der Waals surface area (Å²) >= 11 is 0. The zero-order valence-electron chi connectivity index (χ0n) is 24.0. The van der Waals surface area contributed by atoms with E-state index in [1.54, 1.807) is 16.8 Å². The number of hydrogen-bond acceptors (Lipinski definition) is 7. The minimum Gasteiger partial charge on any atom is -0.455 e. The van der Waals surface area contributed by atoms with Gasteiger partial charge >= 0.3 is 12.0 Å². The molecule has 39 heavy (non-hydrogen) atoms. The lowest BCUT2D eigenvalue weighted by molar-refractivity contribution is -0.156. The molecule has 2 aliphatic heterocycles. The van der Waals surface area contributed by atoms with E-state index in [-0.39, 0.29) is 24.1 Å². The normalized spacial score (nSPS) is 21.7. The molecule has 8 nitrogen and oxygen atoms in total. The van der Waals surface area contributed by atoms with Gasteiger partial charge in [-0.1, -0.05) is 96.1 Å². The third-order valence-corrected chi connectivity index (χ3v) is 7.72. The summed E-state index contributed by atoms with van der Waals surface area (Å²) in [6.45, 7) is 2.01. The number of rotatable bonds is 21. The molecule has 0 aromatic carbocycles. The van der Waals surface area contributed by atoms with E-state index in [0.717, 1.165) is 19.3 Å². The predicted molar refractivity (Wildman–Crippen MR) is 151 cm³/mol. The second-order valence-corrected chi connectivity index (χ2v) is 11.0. The summed E-state index contributed by atoms with van der Waals surface area (Å²) < 4.78 is 19.0. The van der Waals surface area contributed by atoms with E-state index in [9.17, 15) is 9.90 Å². The molecule has 1 aromatic heterocycles. The number of aromatic nitrogens is 2. The van der Waals surface area contributed by atoms with Crippen molar-refractivity contribution in [1.29, 1.82) is 5.41 Å². The Morgan fingerprint density at radius 2 is 1.56 bits per heavy atom. The van der Waals surface area contributed by atoms with E-state index in [0.29, 0.717) is 6.42 Å². The average Bonchev–Trinajstić information content (AvgIpc) is 3.45. The van der Waals surface area contributed by atoms with Gasteiger partial charge in [-0.2, -0.15) is 4.98 Å². The monoisotopic (exact) mass is 545 g/mol. The van der Waals surface area contributed by atoms with Gasteiger partial charge in [0.2, 0.25) is 0 Å². The Morgan fingerprint density at radius 3 is 2.18 bits per heavy atom. The van der Waals surface area contributed by atoms with E-state index >= 15 is 0 Å². The van der Waals surface area contributed by atoms with Gasteiger partial charge < -0.3 is 19.3 Å². The Labute approximate surface area is 234 Å². The quantitative estimate of drug-likeness (QED) is 0.103. The van der Waals surface area contributed by atoms with Crippen LogP contribution in [0.4, 0.5) is 0 Å². The van der Waals surface area contributed by atoms with Crippen molar-refractivity contribution in [2.45, 2.75) is 147 Å². The van der Waals surface area contributed by atoms with Crippen molar-refractivity contribution in [3.05, 3.63) is 29.9 Å². The molecule has 3 rings (SSSR count). The third kappa shape index (κ3) is 10.7. The SMILES string of the molecule is CCCCCCCC/C=C\CCCCCCCCCCCC(=O)O[C@H]1[C@@H]2Oc3nc(=N)ccn3[C@@H]2O[C@@H]1CO. The van der Waals surface area contributed by atoms with Gasteiger partial charge in [0.25, 0.3) is 0 Å². The summed E-state index contributed by atoms with van der Waals surface area (Å²) in [4.78, 5) is 16.5. The van der Waals surface area contributed by atoms with Crippen LogP contribution in [0.5, 0.6) is 6.01 Å². The predicted octanol–water partition coefficient (Wildman–Crippen LogP) is 6.52. The number of nitrogens with one attached hydrogen (secondary N) is 1. The highest BCUT2D eigenvalue weighted by Gasteiger charge is 2.53. The van der Waals surface area contributed by atoms with E-state index in [2.05, 4.69) is 24.1 Å². The minimum atomic E-state index is -0.695. The fraction of sp³-hybridized carbons (Fsp3) is 0.774. The van der Waals surface area contributed by atoms with Crippen LogP contribution in [0.15, 0.2) is 24.4 Å². The number of aliphatic hydroxyl groups excluding tert-OH is 1. The summed E-state index contributed by atoms with van der Waals surface area (Å²) in [6, 6.07) is 1.81. The van der Waals surface area contributed by atoms with Gasteiger partial charge in [-0.15, -0.1) is 0 Å². The van der Waals surface area contributed by atoms with Gasteiger partial charge in [0, 0.05) is 12.6 Å². The molecule has 3 heterocycles.